The lowest BCUT2D eigenvalue weighted by Crippen LogP contribution is -2.64. The number of amides is 1. The molecule has 4 saturated heterocycles. The fraction of sp³-hybridized carbons (Fsp3) is 0.909. The first kappa shape index (κ1) is 9.60. The molecule has 0 aliphatic carbocycles. The molecule has 1 atom stereocenters. The summed E-state index contributed by atoms with van der Waals surface area (Å²) in [5, 5.41) is 6.55. The molecule has 84 valence electrons. The molecule has 4 rings (SSSR count). The topological polar surface area (TPSA) is 44.4 Å². The molecule has 4 heterocycles. The van der Waals surface area contributed by atoms with Gasteiger partial charge in [0, 0.05) is 12.1 Å². The number of nitrogens with zero attached hydrogens (tertiary/aromatic N) is 1. The smallest absolute Gasteiger partial charge is 0.234 e. The van der Waals surface area contributed by atoms with E-state index in [-0.39, 0.29) is 11.4 Å². The van der Waals surface area contributed by atoms with Gasteiger partial charge in [0.2, 0.25) is 5.91 Å². The summed E-state index contributed by atoms with van der Waals surface area (Å²) in [5.41, 5.74) is 0.208. The van der Waals surface area contributed by atoms with Crippen LogP contribution in [-0.4, -0.2) is 49.1 Å². The number of piperazine rings is 1. The lowest BCUT2D eigenvalue weighted by Gasteiger charge is -2.43. The van der Waals surface area contributed by atoms with Gasteiger partial charge in [0.25, 0.3) is 0 Å². The lowest BCUT2D eigenvalue weighted by atomic mass is 9.76. The second-order valence-electron chi connectivity index (χ2n) is 5.15. The number of carbonyl (C=O) groups is 1. The van der Waals surface area contributed by atoms with E-state index >= 15 is 0 Å². The summed E-state index contributed by atoms with van der Waals surface area (Å²) in [5.74, 6) is 0.913. The number of rotatable bonds is 0. The van der Waals surface area contributed by atoms with E-state index in [9.17, 15) is 4.79 Å². The first-order chi connectivity index (χ1) is 7.28. The van der Waals surface area contributed by atoms with Crippen molar-refractivity contribution in [1.29, 1.82) is 0 Å². The molecule has 1 amide bonds. The lowest BCUT2D eigenvalue weighted by molar-refractivity contribution is -0.123. The van der Waals surface area contributed by atoms with E-state index in [1.54, 1.807) is 0 Å². The summed E-state index contributed by atoms with van der Waals surface area (Å²) in [6.45, 7) is 5.05. The van der Waals surface area contributed by atoms with Gasteiger partial charge in [-0.3, -0.25) is 4.79 Å². The summed E-state index contributed by atoms with van der Waals surface area (Å²) < 4.78 is 0. The third-order valence-electron chi connectivity index (χ3n) is 4.45. The number of fused-ring (bicyclic) bond motifs is 3. The maximum absolute atomic E-state index is 11.2. The largest absolute Gasteiger partial charge is 0.353 e. The van der Waals surface area contributed by atoms with E-state index in [1.807, 2.05) is 0 Å². The molecular formula is C11H19N3O. The van der Waals surface area contributed by atoms with Crippen molar-refractivity contribution in [2.75, 3.05) is 32.7 Å². The summed E-state index contributed by atoms with van der Waals surface area (Å²) in [4.78, 5) is 13.8. The van der Waals surface area contributed by atoms with Crippen molar-refractivity contribution in [1.82, 2.24) is 15.5 Å². The zero-order valence-electron chi connectivity index (χ0n) is 9.09. The maximum atomic E-state index is 11.2. The fourth-order valence-corrected chi connectivity index (χ4v) is 3.37. The molecule has 4 aliphatic heterocycles. The molecule has 4 fully saturated rings. The number of hydrogen-bond donors (Lipinski definition) is 2. The first-order valence-corrected chi connectivity index (χ1v) is 6.03. The number of carbonyl (C=O) groups excluding carboxylic acids is 1. The summed E-state index contributed by atoms with van der Waals surface area (Å²) in [6, 6.07) is 0. The van der Waals surface area contributed by atoms with E-state index < -0.39 is 0 Å². The van der Waals surface area contributed by atoms with Crippen LogP contribution < -0.4 is 10.6 Å². The normalized spacial score (nSPS) is 45.2. The zero-order valence-corrected chi connectivity index (χ0v) is 9.09. The Labute approximate surface area is 90.4 Å². The number of hydrogen-bond acceptors (Lipinski definition) is 3. The zero-order chi connectivity index (χ0) is 10.3. The predicted octanol–water partition coefficient (Wildman–Crippen LogP) is -0.440. The SMILES string of the molecule is O=C1CNC2(CCN3CCC2CC3)CN1. The second-order valence-corrected chi connectivity index (χ2v) is 5.15. The van der Waals surface area contributed by atoms with Crippen LogP contribution in [-0.2, 0) is 4.79 Å². The van der Waals surface area contributed by atoms with E-state index in [0.717, 1.165) is 12.5 Å². The average molecular weight is 209 g/mol. The molecule has 0 aromatic rings. The van der Waals surface area contributed by atoms with Gasteiger partial charge in [-0.25, -0.2) is 0 Å². The van der Waals surface area contributed by atoms with Crippen molar-refractivity contribution in [2.24, 2.45) is 5.92 Å². The number of piperidine rings is 1. The molecule has 0 radical (unpaired) electrons. The summed E-state index contributed by atoms with van der Waals surface area (Å²) in [6.07, 6.45) is 3.78. The summed E-state index contributed by atoms with van der Waals surface area (Å²) >= 11 is 0. The van der Waals surface area contributed by atoms with E-state index in [0.29, 0.717) is 6.54 Å². The minimum absolute atomic E-state index is 0.153. The Hall–Kier alpha value is -0.610. The van der Waals surface area contributed by atoms with E-state index in [4.69, 9.17) is 0 Å². The van der Waals surface area contributed by atoms with Gasteiger partial charge in [-0.05, 0) is 44.8 Å². The Morgan fingerprint density at radius 1 is 1.27 bits per heavy atom. The Balaban J connectivity index is 1.81. The first-order valence-electron chi connectivity index (χ1n) is 6.03. The van der Waals surface area contributed by atoms with Crippen molar-refractivity contribution in [3.63, 3.8) is 0 Å². The minimum atomic E-state index is 0.153. The molecule has 1 unspecified atom stereocenters. The molecule has 4 aliphatic rings. The van der Waals surface area contributed by atoms with Crippen LogP contribution in [0.25, 0.3) is 0 Å². The van der Waals surface area contributed by atoms with Crippen LogP contribution in [0.1, 0.15) is 19.3 Å². The van der Waals surface area contributed by atoms with Crippen molar-refractivity contribution in [3.8, 4) is 0 Å². The highest BCUT2D eigenvalue weighted by Crippen LogP contribution is 2.35. The minimum Gasteiger partial charge on any atom is -0.353 e. The van der Waals surface area contributed by atoms with Crippen molar-refractivity contribution < 1.29 is 4.79 Å². The Morgan fingerprint density at radius 2 is 2.07 bits per heavy atom. The van der Waals surface area contributed by atoms with E-state index in [2.05, 4.69) is 15.5 Å². The molecule has 4 nitrogen and oxygen atoms in total. The molecule has 2 bridgehead atoms. The van der Waals surface area contributed by atoms with Gasteiger partial charge in [0.1, 0.15) is 0 Å². The van der Waals surface area contributed by atoms with E-state index in [1.165, 1.54) is 38.9 Å². The van der Waals surface area contributed by atoms with Gasteiger partial charge in [-0.2, -0.15) is 0 Å². The average Bonchev–Trinajstić information content (AvgIpc) is 2.54. The Bertz CT molecular complexity index is 261. The molecule has 4 heteroatoms. The van der Waals surface area contributed by atoms with Gasteiger partial charge < -0.3 is 15.5 Å². The van der Waals surface area contributed by atoms with Gasteiger partial charge in [0.05, 0.1) is 6.54 Å². The van der Waals surface area contributed by atoms with Crippen LogP contribution in [0.3, 0.4) is 0 Å². The molecular weight excluding hydrogens is 190 g/mol. The molecule has 0 saturated carbocycles. The second kappa shape index (κ2) is 3.46. The predicted molar refractivity (Wildman–Crippen MR) is 57.5 cm³/mol. The van der Waals surface area contributed by atoms with Crippen LogP contribution in [0.4, 0.5) is 0 Å². The molecule has 1 spiro atoms. The van der Waals surface area contributed by atoms with Gasteiger partial charge in [0.15, 0.2) is 0 Å². The molecule has 0 aromatic heterocycles. The van der Waals surface area contributed by atoms with Gasteiger partial charge in [-0.15, -0.1) is 0 Å². The highest BCUT2D eigenvalue weighted by molar-refractivity contribution is 5.79. The maximum Gasteiger partial charge on any atom is 0.234 e. The standard InChI is InChI=1S/C11H19N3O/c15-10-7-13-11(8-12-10)3-6-14-4-1-9(11)2-5-14/h9,13H,1-8H2,(H,12,15). The Kier molecular flexibility index (Phi) is 2.21. The molecule has 0 aromatic carbocycles. The highest BCUT2D eigenvalue weighted by atomic mass is 16.2. The van der Waals surface area contributed by atoms with Crippen LogP contribution >= 0.6 is 0 Å². The van der Waals surface area contributed by atoms with Crippen molar-refractivity contribution in [3.05, 3.63) is 0 Å². The number of nitrogens with one attached hydrogen (secondary N) is 2. The van der Waals surface area contributed by atoms with Crippen LogP contribution in [0.2, 0.25) is 0 Å². The van der Waals surface area contributed by atoms with Gasteiger partial charge in [-0.1, -0.05) is 0 Å². The highest BCUT2D eigenvalue weighted by Gasteiger charge is 2.44. The third-order valence-corrected chi connectivity index (χ3v) is 4.45. The van der Waals surface area contributed by atoms with Crippen LogP contribution in [0.5, 0.6) is 0 Å². The molecule has 2 N–H and O–H groups in total. The summed E-state index contributed by atoms with van der Waals surface area (Å²) in [7, 11) is 0. The van der Waals surface area contributed by atoms with Crippen molar-refractivity contribution in [2.45, 2.75) is 24.8 Å². The van der Waals surface area contributed by atoms with Gasteiger partial charge >= 0.3 is 0 Å². The molecule has 15 heavy (non-hydrogen) atoms. The van der Waals surface area contributed by atoms with Crippen molar-refractivity contribution >= 4 is 5.91 Å². The van der Waals surface area contributed by atoms with Crippen LogP contribution in [0, 0.1) is 5.92 Å². The Morgan fingerprint density at radius 3 is 2.73 bits per heavy atom. The monoisotopic (exact) mass is 209 g/mol. The third kappa shape index (κ3) is 1.56. The fourth-order valence-electron chi connectivity index (χ4n) is 3.37. The quantitative estimate of drug-likeness (QED) is 0.568. The van der Waals surface area contributed by atoms with Crippen LogP contribution in [0.15, 0.2) is 0 Å².